The summed E-state index contributed by atoms with van der Waals surface area (Å²) >= 11 is 0. The van der Waals surface area contributed by atoms with Crippen LogP contribution in [0.25, 0.3) is 11.1 Å². The van der Waals surface area contributed by atoms with Crippen LogP contribution < -0.4 is 10.6 Å². The number of carbonyl (C=O) groups excluding carboxylic acids is 2. The highest BCUT2D eigenvalue weighted by Crippen LogP contribution is 2.35. The largest absolute Gasteiger partial charge is 0.478 e. The third-order valence-electron chi connectivity index (χ3n) is 8.26. The summed E-state index contributed by atoms with van der Waals surface area (Å²) in [5.74, 6) is -4.91. The molecule has 0 saturated heterocycles. The first kappa shape index (κ1) is 34.5. The lowest BCUT2D eigenvalue weighted by atomic mass is 9.75. The van der Waals surface area contributed by atoms with Crippen molar-refractivity contribution in [3.05, 3.63) is 82.4 Å². The van der Waals surface area contributed by atoms with Crippen molar-refractivity contribution >= 4 is 41.0 Å². The van der Waals surface area contributed by atoms with Crippen LogP contribution in [0.1, 0.15) is 119 Å². The van der Waals surface area contributed by atoms with Gasteiger partial charge in [-0.2, -0.15) is 0 Å². The van der Waals surface area contributed by atoms with E-state index < -0.39 is 29.2 Å². The van der Waals surface area contributed by atoms with Crippen molar-refractivity contribution in [2.24, 2.45) is 5.41 Å². The zero-order valence-electron chi connectivity index (χ0n) is 26.4. The molecule has 1 amide bonds. The Morgan fingerprint density at radius 3 is 1.67 bits per heavy atom. The Bertz CT molecular complexity index is 1660. The second-order valence-corrected chi connectivity index (χ2v) is 12.0. The van der Waals surface area contributed by atoms with Crippen LogP contribution in [0.3, 0.4) is 0 Å². The van der Waals surface area contributed by atoms with E-state index in [9.17, 15) is 39.3 Å². The minimum atomic E-state index is -1.35. The maximum Gasteiger partial charge on any atom is 0.336 e. The van der Waals surface area contributed by atoms with Crippen LogP contribution in [0.15, 0.2) is 54.6 Å². The van der Waals surface area contributed by atoms with Crippen LogP contribution >= 0.6 is 0 Å². The lowest BCUT2D eigenvalue weighted by molar-refractivity contribution is 0.0678. The molecule has 0 bridgehead atoms. The fraction of sp³-hybridized carbons (Fsp3) is 0.343. The second kappa shape index (κ2) is 13.8. The van der Waals surface area contributed by atoms with Crippen molar-refractivity contribution in [3.8, 4) is 11.1 Å². The van der Waals surface area contributed by atoms with Crippen LogP contribution in [-0.4, -0.2) is 50.5 Å². The molecule has 10 nitrogen and oxygen atoms in total. The fourth-order valence-corrected chi connectivity index (χ4v) is 5.10. The number of rotatable bonds is 14. The Morgan fingerprint density at radius 1 is 0.644 bits per heavy atom. The van der Waals surface area contributed by atoms with E-state index in [2.05, 4.69) is 10.6 Å². The van der Waals surface area contributed by atoms with Crippen LogP contribution in [-0.2, 0) is 0 Å². The van der Waals surface area contributed by atoms with Gasteiger partial charge in [0.1, 0.15) is 0 Å². The predicted octanol–water partition coefficient (Wildman–Crippen LogP) is 7.70. The van der Waals surface area contributed by atoms with Crippen LogP contribution in [0.5, 0.6) is 0 Å². The van der Waals surface area contributed by atoms with Gasteiger partial charge in [0.05, 0.1) is 22.3 Å². The maximum absolute atomic E-state index is 13.7. The number of benzene rings is 3. The number of anilines is 2. The number of Topliss-reactive ketones (excluding diaryl/α,β-unsaturated/α-hetero) is 1. The summed E-state index contributed by atoms with van der Waals surface area (Å²) in [7, 11) is 0. The molecule has 0 radical (unpaired) electrons. The van der Waals surface area contributed by atoms with Gasteiger partial charge in [-0.3, -0.25) is 9.59 Å². The second-order valence-electron chi connectivity index (χ2n) is 12.0. The summed E-state index contributed by atoms with van der Waals surface area (Å²) in [4.78, 5) is 63.2. The van der Waals surface area contributed by atoms with Gasteiger partial charge in [0, 0.05) is 27.9 Å². The summed E-state index contributed by atoms with van der Waals surface area (Å²) in [5.41, 5.74) is -0.425. The number of hydrogen-bond acceptors (Lipinski definition) is 6. The number of hydrogen-bond donors (Lipinski definition) is 5. The molecule has 1 unspecified atom stereocenters. The molecule has 5 N–H and O–H groups in total. The number of aromatic carboxylic acids is 3. The number of carbonyl (C=O) groups is 5. The average molecular weight is 617 g/mol. The molecule has 0 spiro atoms. The number of ketones is 1. The molecule has 0 aromatic heterocycles. The fourth-order valence-electron chi connectivity index (χ4n) is 5.10. The van der Waals surface area contributed by atoms with E-state index >= 15 is 0 Å². The monoisotopic (exact) mass is 616 g/mol. The van der Waals surface area contributed by atoms with Crippen LogP contribution in [0.2, 0.25) is 0 Å². The molecule has 1 atom stereocenters. The van der Waals surface area contributed by atoms with Gasteiger partial charge in [0.25, 0.3) is 5.91 Å². The summed E-state index contributed by atoms with van der Waals surface area (Å²) in [6.07, 6.45) is 2.55. The van der Waals surface area contributed by atoms with Gasteiger partial charge < -0.3 is 26.0 Å². The molecule has 238 valence electrons. The van der Waals surface area contributed by atoms with E-state index in [0.29, 0.717) is 29.7 Å². The van der Waals surface area contributed by atoms with Crippen molar-refractivity contribution in [2.75, 3.05) is 10.6 Å². The number of carboxylic acids is 3. The molecule has 0 aliphatic carbocycles. The zero-order valence-corrected chi connectivity index (χ0v) is 26.4. The topological polar surface area (TPSA) is 170 Å². The number of carboxylic acid groups (broad SMARTS) is 3. The average Bonchev–Trinajstić information content (AvgIpc) is 2.99. The Labute approximate surface area is 262 Å². The number of amides is 1. The standard InChI is InChI=1S/C35H40N2O8/c1-7-14-35(6,9-3)29(38)27-17-20(10-12-25(27)32(42)43)21-11-13-26(33(44)45)28(18-21)30(39)36-23-15-22(31(40)41)16-24(19-23)37-34(4,5)8-2/h10-13,15-19,37H,7-9,14H2,1-6H3,(H,36,39)(H,40,41)(H,42,43)(H,44,45). The molecule has 10 heteroatoms. The van der Waals surface area contributed by atoms with Gasteiger partial charge in [-0.05, 0) is 86.7 Å². The van der Waals surface area contributed by atoms with Crippen molar-refractivity contribution < 1.29 is 39.3 Å². The normalized spacial score (nSPS) is 12.6. The van der Waals surface area contributed by atoms with Crippen molar-refractivity contribution in [1.29, 1.82) is 0 Å². The third kappa shape index (κ3) is 7.94. The predicted molar refractivity (Wildman–Crippen MR) is 173 cm³/mol. The molecule has 0 aliphatic heterocycles. The summed E-state index contributed by atoms with van der Waals surface area (Å²) in [6, 6.07) is 12.7. The van der Waals surface area contributed by atoms with Crippen LogP contribution in [0.4, 0.5) is 11.4 Å². The molecule has 3 rings (SSSR count). The first-order chi connectivity index (χ1) is 21.0. The van der Waals surface area contributed by atoms with Crippen molar-refractivity contribution in [1.82, 2.24) is 0 Å². The van der Waals surface area contributed by atoms with E-state index in [1.54, 1.807) is 6.07 Å². The van der Waals surface area contributed by atoms with E-state index in [-0.39, 0.29) is 44.8 Å². The summed E-state index contributed by atoms with van der Waals surface area (Å²) in [6.45, 7) is 11.5. The van der Waals surface area contributed by atoms with Gasteiger partial charge in [-0.15, -0.1) is 0 Å². The highest BCUT2D eigenvalue weighted by Gasteiger charge is 2.34. The Kier molecular flexibility index (Phi) is 10.5. The molecular formula is C35H40N2O8. The SMILES string of the molecule is CCCC(C)(CC)C(=O)c1cc(-c2ccc(C(=O)O)c(C(=O)Nc3cc(NC(C)(C)CC)cc(C(=O)O)c3)c2)ccc1C(=O)O. The van der Waals surface area contributed by atoms with Gasteiger partial charge in [0.2, 0.25) is 0 Å². The smallest absolute Gasteiger partial charge is 0.336 e. The van der Waals surface area contributed by atoms with E-state index in [4.69, 9.17) is 0 Å². The molecule has 45 heavy (non-hydrogen) atoms. The minimum Gasteiger partial charge on any atom is -0.478 e. The Balaban J connectivity index is 2.11. The van der Waals surface area contributed by atoms with E-state index in [1.807, 2.05) is 41.5 Å². The van der Waals surface area contributed by atoms with Gasteiger partial charge in [-0.25, -0.2) is 14.4 Å². The first-order valence-corrected chi connectivity index (χ1v) is 14.8. The summed E-state index contributed by atoms with van der Waals surface area (Å²) in [5, 5.41) is 35.2. The lowest BCUT2D eigenvalue weighted by Gasteiger charge is -2.27. The van der Waals surface area contributed by atoms with E-state index in [1.165, 1.54) is 48.5 Å². The van der Waals surface area contributed by atoms with Gasteiger partial charge in [0.15, 0.2) is 5.78 Å². The van der Waals surface area contributed by atoms with E-state index in [0.717, 1.165) is 12.8 Å². The molecule has 0 fully saturated rings. The van der Waals surface area contributed by atoms with Gasteiger partial charge in [-0.1, -0.05) is 46.2 Å². The molecular weight excluding hydrogens is 576 g/mol. The molecule has 3 aromatic carbocycles. The molecule has 3 aromatic rings. The van der Waals surface area contributed by atoms with Crippen LogP contribution in [0, 0.1) is 5.41 Å². The maximum atomic E-state index is 13.7. The minimum absolute atomic E-state index is 0.0339. The quantitative estimate of drug-likeness (QED) is 0.114. The Morgan fingerprint density at radius 2 is 1.18 bits per heavy atom. The third-order valence-corrected chi connectivity index (χ3v) is 8.26. The zero-order chi connectivity index (χ0) is 33.7. The Hall–Kier alpha value is -4.99. The molecule has 0 aliphatic rings. The molecule has 0 saturated carbocycles. The highest BCUT2D eigenvalue weighted by molar-refractivity contribution is 6.12. The highest BCUT2D eigenvalue weighted by atomic mass is 16.4. The number of nitrogens with one attached hydrogen (secondary N) is 2. The van der Waals surface area contributed by atoms with Crippen molar-refractivity contribution in [3.63, 3.8) is 0 Å². The van der Waals surface area contributed by atoms with Gasteiger partial charge >= 0.3 is 17.9 Å². The summed E-state index contributed by atoms with van der Waals surface area (Å²) < 4.78 is 0. The first-order valence-electron chi connectivity index (χ1n) is 14.8. The molecule has 0 heterocycles. The lowest BCUT2D eigenvalue weighted by Crippen LogP contribution is -2.29. The van der Waals surface area contributed by atoms with Crippen molar-refractivity contribution in [2.45, 2.75) is 72.8 Å².